The van der Waals surface area contributed by atoms with Crippen LogP contribution in [0.3, 0.4) is 0 Å². The Morgan fingerprint density at radius 1 is 1.14 bits per heavy atom. The number of carbonyl (C=O) groups is 1. The lowest BCUT2D eigenvalue weighted by molar-refractivity contribution is -0.144. The lowest BCUT2D eigenvalue weighted by atomic mass is 9.67. The Bertz CT molecular complexity index is 424. The van der Waals surface area contributed by atoms with E-state index in [2.05, 4.69) is 15.1 Å². The van der Waals surface area contributed by atoms with E-state index in [1.165, 1.54) is 19.3 Å². The number of hydrogen-bond acceptors (Lipinski definition) is 4. The summed E-state index contributed by atoms with van der Waals surface area (Å²) in [5.74, 6) is 1.04. The summed E-state index contributed by atoms with van der Waals surface area (Å²) in [6, 6.07) is 0.556. The summed E-state index contributed by atoms with van der Waals surface area (Å²) in [5.41, 5.74) is -0.0713. The Kier molecular flexibility index (Phi) is 4.13. The third kappa shape index (κ3) is 2.47. The van der Waals surface area contributed by atoms with Crippen LogP contribution in [-0.4, -0.2) is 74.2 Å². The second-order valence-corrected chi connectivity index (χ2v) is 7.57. The summed E-state index contributed by atoms with van der Waals surface area (Å²) in [6.07, 6.45) is 6.00. The first kappa shape index (κ1) is 14.9. The van der Waals surface area contributed by atoms with Crippen molar-refractivity contribution in [1.82, 2.24) is 15.1 Å². The molecule has 4 aliphatic rings. The second kappa shape index (κ2) is 6.10. The fraction of sp³-hybridized carbons (Fsp3) is 0.941. The van der Waals surface area contributed by atoms with Crippen LogP contribution in [0.15, 0.2) is 0 Å². The lowest BCUT2D eigenvalue weighted by Crippen LogP contribution is -2.50. The molecule has 3 aliphatic heterocycles. The number of rotatable bonds is 2. The van der Waals surface area contributed by atoms with Crippen molar-refractivity contribution in [2.24, 2.45) is 11.3 Å². The van der Waals surface area contributed by atoms with Crippen LogP contribution < -0.4 is 5.32 Å². The highest BCUT2D eigenvalue weighted by Gasteiger charge is 2.52. The fourth-order valence-corrected chi connectivity index (χ4v) is 5.15. The molecule has 1 unspecified atom stereocenters. The Labute approximate surface area is 133 Å². The van der Waals surface area contributed by atoms with E-state index >= 15 is 0 Å². The van der Waals surface area contributed by atoms with Gasteiger partial charge in [-0.15, -0.1) is 0 Å². The molecular weight excluding hydrogens is 278 g/mol. The van der Waals surface area contributed by atoms with Gasteiger partial charge >= 0.3 is 0 Å². The van der Waals surface area contributed by atoms with Crippen molar-refractivity contribution in [3.05, 3.63) is 0 Å². The van der Waals surface area contributed by atoms with Crippen LogP contribution in [0.1, 0.15) is 32.1 Å². The first-order valence-corrected chi connectivity index (χ1v) is 9.11. The molecule has 5 nitrogen and oxygen atoms in total. The average molecular weight is 307 g/mol. The SMILES string of the molecule is O=C(N1CCC(N2CCOCC2)C1)[C@@]12CCCC[C@H]1CNC2. The van der Waals surface area contributed by atoms with E-state index in [1.807, 2.05) is 0 Å². The Morgan fingerprint density at radius 2 is 2.00 bits per heavy atom. The summed E-state index contributed by atoms with van der Waals surface area (Å²) in [7, 11) is 0. The normalized spacial score (nSPS) is 39.9. The summed E-state index contributed by atoms with van der Waals surface area (Å²) in [4.78, 5) is 18.0. The number of fused-ring (bicyclic) bond motifs is 1. The molecular formula is C17H29N3O2. The van der Waals surface area contributed by atoms with Gasteiger partial charge in [0.25, 0.3) is 0 Å². The number of carbonyl (C=O) groups excluding carboxylic acids is 1. The molecule has 0 bridgehead atoms. The maximum absolute atomic E-state index is 13.3. The minimum Gasteiger partial charge on any atom is -0.379 e. The molecule has 4 rings (SSSR count). The molecule has 124 valence electrons. The van der Waals surface area contributed by atoms with Crippen molar-refractivity contribution in [1.29, 1.82) is 0 Å². The number of likely N-dealkylation sites (tertiary alicyclic amines) is 1. The average Bonchev–Trinajstić information content (AvgIpc) is 3.22. The highest BCUT2D eigenvalue weighted by molar-refractivity contribution is 5.84. The molecule has 0 aromatic carbocycles. The van der Waals surface area contributed by atoms with Gasteiger partial charge in [0.2, 0.25) is 5.91 Å². The number of hydrogen-bond donors (Lipinski definition) is 1. The zero-order valence-corrected chi connectivity index (χ0v) is 13.6. The predicted octanol–water partition coefficient (Wildman–Crippen LogP) is 0.699. The zero-order valence-electron chi connectivity index (χ0n) is 13.6. The van der Waals surface area contributed by atoms with Gasteiger partial charge < -0.3 is 15.0 Å². The molecule has 0 radical (unpaired) electrons. The van der Waals surface area contributed by atoms with Gasteiger partial charge in [0.15, 0.2) is 0 Å². The molecule has 0 aromatic heterocycles. The predicted molar refractivity (Wildman–Crippen MR) is 84.6 cm³/mol. The van der Waals surface area contributed by atoms with Gasteiger partial charge in [-0.1, -0.05) is 12.8 Å². The summed E-state index contributed by atoms with van der Waals surface area (Å²) in [6.45, 7) is 7.61. The van der Waals surface area contributed by atoms with Crippen LogP contribution >= 0.6 is 0 Å². The van der Waals surface area contributed by atoms with E-state index in [9.17, 15) is 4.79 Å². The van der Waals surface area contributed by atoms with Crippen LogP contribution in [0.4, 0.5) is 0 Å². The van der Waals surface area contributed by atoms with Crippen LogP contribution in [0, 0.1) is 11.3 Å². The summed E-state index contributed by atoms with van der Waals surface area (Å²) >= 11 is 0. The van der Waals surface area contributed by atoms with E-state index in [1.54, 1.807) is 0 Å². The molecule has 1 amide bonds. The minimum atomic E-state index is -0.0713. The van der Waals surface area contributed by atoms with Gasteiger partial charge in [0.1, 0.15) is 0 Å². The van der Waals surface area contributed by atoms with Crippen LogP contribution in [0.2, 0.25) is 0 Å². The molecule has 22 heavy (non-hydrogen) atoms. The van der Waals surface area contributed by atoms with Crippen molar-refractivity contribution < 1.29 is 9.53 Å². The summed E-state index contributed by atoms with van der Waals surface area (Å²) < 4.78 is 5.45. The Morgan fingerprint density at radius 3 is 2.86 bits per heavy atom. The van der Waals surface area contributed by atoms with E-state index in [4.69, 9.17) is 4.74 Å². The van der Waals surface area contributed by atoms with Crippen molar-refractivity contribution in [3.8, 4) is 0 Å². The molecule has 3 heterocycles. The van der Waals surface area contributed by atoms with Gasteiger partial charge in [-0.2, -0.15) is 0 Å². The number of nitrogens with one attached hydrogen (secondary N) is 1. The highest BCUT2D eigenvalue weighted by Crippen LogP contribution is 2.45. The molecule has 3 atom stereocenters. The molecule has 1 aliphatic carbocycles. The number of ether oxygens (including phenoxy) is 1. The van der Waals surface area contributed by atoms with Crippen molar-refractivity contribution >= 4 is 5.91 Å². The molecule has 1 N–H and O–H groups in total. The van der Waals surface area contributed by atoms with Gasteiger partial charge in [0, 0.05) is 38.8 Å². The third-order valence-corrected chi connectivity index (χ3v) is 6.48. The van der Waals surface area contributed by atoms with Gasteiger partial charge in [-0.05, 0) is 31.7 Å². The van der Waals surface area contributed by atoms with Crippen LogP contribution in [-0.2, 0) is 9.53 Å². The fourth-order valence-electron chi connectivity index (χ4n) is 5.15. The maximum Gasteiger partial charge on any atom is 0.230 e. The van der Waals surface area contributed by atoms with E-state index in [-0.39, 0.29) is 5.41 Å². The van der Waals surface area contributed by atoms with Gasteiger partial charge in [-0.3, -0.25) is 9.69 Å². The molecule has 5 heteroatoms. The first-order valence-electron chi connectivity index (χ1n) is 9.11. The number of morpholine rings is 1. The Hall–Kier alpha value is -0.650. The van der Waals surface area contributed by atoms with E-state index < -0.39 is 0 Å². The standard InChI is InChI=1S/C17H29N3O2/c21-16(17-5-2-1-3-14(17)11-18-13-17)20-6-4-15(12-20)19-7-9-22-10-8-19/h14-15,18H,1-13H2/t14-,15?,17+/m0/s1. The Balaban J connectivity index is 1.42. The third-order valence-electron chi connectivity index (χ3n) is 6.48. The second-order valence-electron chi connectivity index (χ2n) is 7.57. The van der Waals surface area contributed by atoms with Crippen molar-refractivity contribution in [2.45, 2.75) is 38.1 Å². The van der Waals surface area contributed by atoms with Crippen molar-refractivity contribution in [2.75, 3.05) is 52.5 Å². The quantitative estimate of drug-likeness (QED) is 0.816. The van der Waals surface area contributed by atoms with Gasteiger partial charge in [0.05, 0.1) is 18.6 Å². The minimum absolute atomic E-state index is 0.0713. The molecule has 0 spiro atoms. The monoisotopic (exact) mass is 307 g/mol. The smallest absolute Gasteiger partial charge is 0.230 e. The number of nitrogens with zero attached hydrogens (tertiary/aromatic N) is 2. The maximum atomic E-state index is 13.3. The largest absolute Gasteiger partial charge is 0.379 e. The van der Waals surface area contributed by atoms with Crippen molar-refractivity contribution in [3.63, 3.8) is 0 Å². The molecule has 4 fully saturated rings. The zero-order chi connectivity index (χ0) is 15.0. The van der Waals surface area contributed by atoms with E-state index in [0.717, 1.165) is 65.3 Å². The van der Waals surface area contributed by atoms with Gasteiger partial charge in [-0.25, -0.2) is 0 Å². The topological polar surface area (TPSA) is 44.8 Å². The molecule has 0 aromatic rings. The lowest BCUT2D eigenvalue weighted by Gasteiger charge is -2.40. The molecule has 1 saturated carbocycles. The first-order chi connectivity index (χ1) is 10.8. The highest BCUT2D eigenvalue weighted by atomic mass is 16.5. The van der Waals surface area contributed by atoms with E-state index in [0.29, 0.717) is 17.9 Å². The van der Waals surface area contributed by atoms with Crippen LogP contribution in [0.5, 0.6) is 0 Å². The summed E-state index contributed by atoms with van der Waals surface area (Å²) in [5, 5.41) is 3.51. The van der Waals surface area contributed by atoms with Crippen LogP contribution in [0.25, 0.3) is 0 Å². The molecule has 3 saturated heterocycles. The number of amides is 1.